The van der Waals surface area contributed by atoms with Crippen LogP contribution in [0.5, 0.6) is 0 Å². The fourth-order valence-electron chi connectivity index (χ4n) is 2.31. The van der Waals surface area contributed by atoms with E-state index in [0.29, 0.717) is 6.61 Å². The van der Waals surface area contributed by atoms with Gasteiger partial charge in [-0.3, -0.25) is 4.57 Å². The lowest BCUT2D eigenvalue weighted by Gasteiger charge is -2.14. The van der Waals surface area contributed by atoms with E-state index in [1.807, 2.05) is 55.5 Å². The van der Waals surface area contributed by atoms with Crippen LogP contribution >= 0.6 is 7.37 Å². The maximum atomic E-state index is 13.0. The van der Waals surface area contributed by atoms with Gasteiger partial charge in [-0.1, -0.05) is 36.4 Å². The van der Waals surface area contributed by atoms with E-state index in [-0.39, 0.29) is 0 Å². The molecule has 2 nitrogen and oxygen atoms in total. The fourth-order valence-corrected chi connectivity index (χ4v) is 4.79. The first-order valence-corrected chi connectivity index (χ1v) is 7.23. The van der Waals surface area contributed by atoms with Crippen LogP contribution in [0.4, 0.5) is 0 Å². The number of benzene rings is 2. The molecule has 0 saturated carbocycles. The maximum Gasteiger partial charge on any atom is 0.262 e. The van der Waals surface area contributed by atoms with Crippen LogP contribution in [-0.4, -0.2) is 0 Å². The Labute approximate surface area is 101 Å². The van der Waals surface area contributed by atoms with Crippen molar-refractivity contribution in [1.82, 2.24) is 0 Å². The molecule has 0 N–H and O–H groups in total. The lowest BCUT2D eigenvalue weighted by molar-refractivity contribution is 0.330. The fraction of sp³-hybridized carbons (Fsp3) is 0.143. The second kappa shape index (κ2) is 3.83. The van der Waals surface area contributed by atoms with E-state index in [9.17, 15) is 4.57 Å². The molecular formula is C14H13O2P. The van der Waals surface area contributed by atoms with Gasteiger partial charge in [0.05, 0.1) is 6.61 Å². The van der Waals surface area contributed by atoms with Gasteiger partial charge >= 0.3 is 0 Å². The lowest BCUT2D eigenvalue weighted by atomic mass is 10.1. The van der Waals surface area contributed by atoms with Crippen molar-refractivity contribution >= 4 is 18.0 Å². The highest BCUT2D eigenvalue weighted by Gasteiger charge is 2.37. The number of fused-ring (bicyclic) bond motifs is 1. The van der Waals surface area contributed by atoms with E-state index in [0.717, 1.165) is 21.7 Å². The molecule has 3 rings (SSSR count). The summed E-state index contributed by atoms with van der Waals surface area (Å²) in [7, 11) is -2.85. The summed E-state index contributed by atoms with van der Waals surface area (Å²) in [6.07, 6.45) is 0. The molecule has 0 fully saturated rings. The van der Waals surface area contributed by atoms with Crippen molar-refractivity contribution in [2.24, 2.45) is 0 Å². The highest BCUT2D eigenvalue weighted by molar-refractivity contribution is 7.74. The third kappa shape index (κ3) is 1.56. The van der Waals surface area contributed by atoms with Gasteiger partial charge in [-0.15, -0.1) is 0 Å². The molecule has 1 aliphatic heterocycles. The number of rotatable bonds is 1. The molecule has 0 spiro atoms. The minimum absolute atomic E-state index is 0.448. The van der Waals surface area contributed by atoms with Gasteiger partial charge in [-0.25, -0.2) is 0 Å². The van der Waals surface area contributed by atoms with Gasteiger partial charge < -0.3 is 4.52 Å². The molecule has 0 saturated heterocycles. The lowest BCUT2D eigenvalue weighted by Crippen LogP contribution is -2.16. The Kier molecular flexibility index (Phi) is 2.43. The van der Waals surface area contributed by atoms with Crippen molar-refractivity contribution in [2.45, 2.75) is 13.5 Å². The molecule has 0 aromatic heterocycles. The zero-order valence-corrected chi connectivity index (χ0v) is 10.5. The van der Waals surface area contributed by atoms with Crippen molar-refractivity contribution in [3.8, 4) is 0 Å². The normalized spacial score (nSPS) is 22.4. The standard InChI is InChI=1S/C14H13O2P/c1-11-6-5-7-12-10-16-17(15,14(11)12)13-8-3-2-4-9-13/h2-9H,10H2,1H3. The summed E-state index contributed by atoms with van der Waals surface area (Å²) in [6, 6.07) is 15.4. The summed E-state index contributed by atoms with van der Waals surface area (Å²) in [5, 5.41) is 1.68. The molecule has 0 bridgehead atoms. The number of aryl methyl sites for hydroxylation is 1. The van der Waals surface area contributed by atoms with Gasteiger partial charge in [-0.05, 0) is 30.2 Å². The first-order valence-electron chi connectivity index (χ1n) is 5.61. The molecule has 0 radical (unpaired) electrons. The molecular weight excluding hydrogens is 231 g/mol. The van der Waals surface area contributed by atoms with Crippen LogP contribution in [0.3, 0.4) is 0 Å². The predicted octanol–water partition coefficient (Wildman–Crippen LogP) is 2.75. The van der Waals surface area contributed by atoms with E-state index in [2.05, 4.69) is 0 Å². The van der Waals surface area contributed by atoms with Crippen molar-refractivity contribution in [3.63, 3.8) is 0 Å². The van der Waals surface area contributed by atoms with E-state index in [1.54, 1.807) is 0 Å². The summed E-state index contributed by atoms with van der Waals surface area (Å²) in [6.45, 7) is 2.44. The summed E-state index contributed by atoms with van der Waals surface area (Å²) >= 11 is 0. The topological polar surface area (TPSA) is 26.3 Å². The van der Waals surface area contributed by atoms with Gasteiger partial charge in [0.1, 0.15) is 0 Å². The Morgan fingerprint density at radius 3 is 2.59 bits per heavy atom. The average molecular weight is 244 g/mol. The van der Waals surface area contributed by atoms with E-state index in [1.165, 1.54) is 0 Å². The molecule has 86 valence electrons. The second-order valence-electron chi connectivity index (χ2n) is 4.24. The van der Waals surface area contributed by atoms with Crippen LogP contribution in [-0.2, 0) is 15.7 Å². The molecule has 1 heterocycles. The first kappa shape index (κ1) is 10.8. The Bertz CT molecular complexity index is 605. The quantitative estimate of drug-likeness (QED) is 0.721. The highest BCUT2D eigenvalue weighted by Crippen LogP contribution is 2.51. The smallest absolute Gasteiger partial charge is 0.262 e. The Hall–Kier alpha value is -1.37. The SMILES string of the molecule is Cc1cccc2c1P(=O)(c1ccccc1)OC2. The number of hydrogen-bond acceptors (Lipinski definition) is 2. The van der Waals surface area contributed by atoms with E-state index >= 15 is 0 Å². The minimum atomic E-state index is -2.85. The van der Waals surface area contributed by atoms with Gasteiger partial charge in [0.2, 0.25) is 0 Å². The van der Waals surface area contributed by atoms with Crippen LogP contribution in [0.25, 0.3) is 0 Å². The number of hydrogen-bond donors (Lipinski definition) is 0. The largest absolute Gasteiger partial charge is 0.317 e. The molecule has 1 unspecified atom stereocenters. The van der Waals surface area contributed by atoms with Crippen molar-refractivity contribution < 1.29 is 9.09 Å². The molecule has 2 aromatic carbocycles. The van der Waals surface area contributed by atoms with Crippen LogP contribution in [0.1, 0.15) is 11.1 Å². The Morgan fingerprint density at radius 2 is 1.82 bits per heavy atom. The van der Waals surface area contributed by atoms with Crippen molar-refractivity contribution in [1.29, 1.82) is 0 Å². The molecule has 2 aromatic rings. The molecule has 0 amide bonds. The van der Waals surface area contributed by atoms with Gasteiger partial charge in [-0.2, -0.15) is 0 Å². The molecule has 17 heavy (non-hydrogen) atoms. The summed E-state index contributed by atoms with van der Waals surface area (Å²) in [4.78, 5) is 0. The average Bonchev–Trinajstić information content (AvgIpc) is 2.71. The van der Waals surface area contributed by atoms with Crippen LogP contribution in [0.2, 0.25) is 0 Å². The zero-order chi connectivity index (χ0) is 11.9. The first-order chi connectivity index (χ1) is 8.22. The van der Waals surface area contributed by atoms with Gasteiger partial charge in [0.25, 0.3) is 7.37 Å². The molecule has 1 aliphatic rings. The van der Waals surface area contributed by atoms with Crippen molar-refractivity contribution in [3.05, 3.63) is 59.7 Å². The highest BCUT2D eigenvalue weighted by atomic mass is 31.2. The van der Waals surface area contributed by atoms with Gasteiger partial charge in [0, 0.05) is 10.6 Å². The van der Waals surface area contributed by atoms with Crippen LogP contribution in [0, 0.1) is 6.92 Å². The second-order valence-corrected chi connectivity index (χ2v) is 6.57. The Balaban J connectivity index is 2.24. The molecule has 0 aliphatic carbocycles. The predicted molar refractivity (Wildman–Crippen MR) is 69.3 cm³/mol. The van der Waals surface area contributed by atoms with Gasteiger partial charge in [0.15, 0.2) is 0 Å². The molecule has 1 atom stereocenters. The monoisotopic (exact) mass is 244 g/mol. The van der Waals surface area contributed by atoms with E-state index in [4.69, 9.17) is 4.52 Å². The summed E-state index contributed by atoms with van der Waals surface area (Å²) in [5.74, 6) is 0. The Morgan fingerprint density at radius 1 is 1.06 bits per heavy atom. The minimum Gasteiger partial charge on any atom is -0.317 e. The van der Waals surface area contributed by atoms with Crippen LogP contribution < -0.4 is 10.6 Å². The summed E-state index contributed by atoms with van der Waals surface area (Å²) < 4.78 is 18.7. The third-order valence-corrected chi connectivity index (χ3v) is 5.81. The van der Waals surface area contributed by atoms with E-state index < -0.39 is 7.37 Å². The van der Waals surface area contributed by atoms with Crippen molar-refractivity contribution in [2.75, 3.05) is 0 Å². The zero-order valence-electron chi connectivity index (χ0n) is 9.59. The molecule has 3 heteroatoms. The van der Waals surface area contributed by atoms with Crippen LogP contribution in [0.15, 0.2) is 48.5 Å². The third-order valence-electron chi connectivity index (χ3n) is 3.11. The summed E-state index contributed by atoms with van der Waals surface area (Å²) in [5.41, 5.74) is 2.10. The maximum absolute atomic E-state index is 13.0.